The number of pyridine rings is 1. The average molecular weight is 238 g/mol. The summed E-state index contributed by atoms with van der Waals surface area (Å²) in [6.45, 7) is 1.88. The molecule has 0 aromatic carbocycles. The van der Waals surface area contributed by atoms with Crippen LogP contribution in [0.3, 0.4) is 0 Å². The fraction of sp³-hybridized carbons (Fsp3) is 0.455. The Kier molecular flexibility index (Phi) is 4.56. The summed E-state index contributed by atoms with van der Waals surface area (Å²) in [5.41, 5.74) is 0.0167. The zero-order chi connectivity index (χ0) is 12.8. The van der Waals surface area contributed by atoms with Crippen molar-refractivity contribution in [1.29, 1.82) is 0 Å². The van der Waals surface area contributed by atoms with Crippen LogP contribution in [0.5, 0.6) is 5.88 Å². The molecule has 6 nitrogen and oxygen atoms in total. The maximum absolute atomic E-state index is 11.5. The zero-order valence-electron chi connectivity index (χ0n) is 9.80. The molecule has 6 heteroatoms. The molecule has 1 aromatic rings. The van der Waals surface area contributed by atoms with Crippen LogP contribution >= 0.6 is 0 Å². The molecule has 1 heterocycles. The van der Waals surface area contributed by atoms with Crippen molar-refractivity contribution in [3.8, 4) is 5.88 Å². The van der Waals surface area contributed by atoms with Crippen molar-refractivity contribution in [3.05, 3.63) is 27.9 Å². The van der Waals surface area contributed by atoms with E-state index < -0.39 is 4.92 Å². The molecule has 0 radical (unpaired) electrons. The van der Waals surface area contributed by atoms with Crippen molar-refractivity contribution in [2.75, 3.05) is 7.11 Å². The minimum Gasteiger partial charge on any atom is -0.481 e. The van der Waals surface area contributed by atoms with Gasteiger partial charge in [0.05, 0.1) is 18.5 Å². The predicted octanol–water partition coefficient (Wildman–Crippen LogP) is 1.91. The number of aromatic nitrogens is 1. The number of ether oxygens (including phenoxy) is 1. The molecule has 0 fully saturated rings. The van der Waals surface area contributed by atoms with Crippen LogP contribution in [-0.4, -0.2) is 22.8 Å². The number of rotatable bonds is 6. The molecule has 1 aromatic heterocycles. The van der Waals surface area contributed by atoms with E-state index in [-0.39, 0.29) is 29.5 Å². The number of Topliss-reactive ketones (excluding diaryl/α,β-unsaturated/α-hetero) is 1. The van der Waals surface area contributed by atoms with Gasteiger partial charge in [-0.1, -0.05) is 6.92 Å². The average Bonchev–Trinajstić information content (AvgIpc) is 2.28. The number of hydrogen-bond donors (Lipinski definition) is 0. The van der Waals surface area contributed by atoms with Gasteiger partial charge in [0, 0.05) is 18.6 Å². The summed E-state index contributed by atoms with van der Waals surface area (Å²) in [7, 11) is 1.42. The molecule has 0 N–H and O–H groups in total. The molecule has 0 amide bonds. The molecule has 0 atom stereocenters. The first-order valence-corrected chi connectivity index (χ1v) is 5.28. The van der Waals surface area contributed by atoms with Crippen molar-refractivity contribution in [2.45, 2.75) is 26.2 Å². The molecule has 0 aliphatic rings. The van der Waals surface area contributed by atoms with Gasteiger partial charge < -0.3 is 4.74 Å². The Hall–Kier alpha value is -1.98. The van der Waals surface area contributed by atoms with Gasteiger partial charge >= 0.3 is 0 Å². The monoisotopic (exact) mass is 238 g/mol. The van der Waals surface area contributed by atoms with Crippen LogP contribution in [-0.2, 0) is 11.2 Å². The van der Waals surface area contributed by atoms with Crippen molar-refractivity contribution in [1.82, 2.24) is 4.98 Å². The number of carbonyl (C=O) groups is 1. The second-order valence-electron chi connectivity index (χ2n) is 3.54. The van der Waals surface area contributed by atoms with Crippen molar-refractivity contribution < 1.29 is 14.5 Å². The molecule has 0 saturated carbocycles. The van der Waals surface area contributed by atoms with Gasteiger partial charge in [-0.15, -0.1) is 0 Å². The lowest BCUT2D eigenvalue weighted by molar-refractivity contribution is -0.385. The van der Waals surface area contributed by atoms with Gasteiger partial charge in [0.2, 0.25) is 5.88 Å². The van der Waals surface area contributed by atoms with E-state index >= 15 is 0 Å². The zero-order valence-corrected chi connectivity index (χ0v) is 9.80. The minimum atomic E-state index is -0.541. The fourth-order valence-electron chi connectivity index (χ4n) is 1.44. The predicted molar refractivity (Wildman–Crippen MR) is 61.1 cm³/mol. The Morgan fingerprint density at radius 2 is 2.24 bits per heavy atom. The third-order valence-corrected chi connectivity index (χ3v) is 2.22. The molecule has 17 heavy (non-hydrogen) atoms. The standard InChI is InChI=1S/C11H14N2O4/c1-3-4-8(14)7-9-10(13(15)16)5-6-11(12-9)17-2/h5-6H,3-4,7H2,1-2H3. The van der Waals surface area contributed by atoms with Crippen LogP contribution in [0.1, 0.15) is 25.5 Å². The molecule has 0 bridgehead atoms. The lowest BCUT2D eigenvalue weighted by Crippen LogP contribution is -2.07. The molecular weight excluding hydrogens is 224 g/mol. The fourth-order valence-corrected chi connectivity index (χ4v) is 1.44. The van der Waals surface area contributed by atoms with Gasteiger partial charge in [0.25, 0.3) is 5.69 Å². The van der Waals surface area contributed by atoms with Gasteiger partial charge in [0.15, 0.2) is 0 Å². The highest BCUT2D eigenvalue weighted by molar-refractivity contribution is 5.81. The first-order chi connectivity index (χ1) is 8.08. The number of nitro groups is 1. The van der Waals surface area contributed by atoms with E-state index in [0.29, 0.717) is 6.42 Å². The summed E-state index contributed by atoms with van der Waals surface area (Å²) in [6.07, 6.45) is 1.09. The summed E-state index contributed by atoms with van der Waals surface area (Å²) in [5.74, 6) is 0.214. The number of hydrogen-bond acceptors (Lipinski definition) is 5. The largest absolute Gasteiger partial charge is 0.481 e. The highest BCUT2D eigenvalue weighted by Gasteiger charge is 2.18. The lowest BCUT2D eigenvalue weighted by atomic mass is 10.1. The number of methoxy groups -OCH3 is 1. The van der Waals surface area contributed by atoms with Gasteiger partial charge in [0.1, 0.15) is 11.5 Å². The molecule has 0 aliphatic carbocycles. The maximum Gasteiger partial charge on any atom is 0.291 e. The number of ketones is 1. The second kappa shape index (κ2) is 5.93. The quantitative estimate of drug-likeness (QED) is 0.558. The van der Waals surface area contributed by atoms with E-state index in [1.54, 1.807) is 0 Å². The van der Waals surface area contributed by atoms with Crippen LogP contribution < -0.4 is 4.74 Å². The normalized spacial score (nSPS) is 10.0. The highest BCUT2D eigenvalue weighted by Crippen LogP contribution is 2.21. The smallest absolute Gasteiger partial charge is 0.291 e. The molecule has 0 unspecified atom stereocenters. The van der Waals surface area contributed by atoms with E-state index in [1.807, 2.05) is 6.92 Å². The van der Waals surface area contributed by atoms with E-state index in [0.717, 1.165) is 6.42 Å². The van der Waals surface area contributed by atoms with Crippen LogP contribution in [0.2, 0.25) is 0 Å². The van der Waals surface area contributed by atoms with Crippen LogP contribution in [0.25, 0.3) is 0 Å². The molecule has 0 saturated heterocycles. The lowest BCUT2D eigenvalue weighted by Gasteiger charge is -2.04. The Labute approximate surface area is 98.8 Å². The summed E-state index contributed by atoms with van der Waals surface area (Å²) in [5, 5.41) is 10.8. The number of carbonyl (C=O) groups excluding carboxylic acids is 1. The maximum atomic E-state index is 11.5. The highest BCUT2D eigenvalue weighted by atomic mass is 16.6. The van der Waals surface area contributed by atoms with E-state index in [2.05, 4.69) is 4.98 Å². The Bertz CT molecular complexity index is 431. The Morgan fingerprint density at radius 3 is 2.76 bits per heavy atom. The van der Waals surface area contributed by atoms with Gasteiger partial charge in [-0.3, -0.25) is 14.9 Å². The molecule has 0 aliphatic heterocycles. The summed E-state index contributed by atoms with van der Waals surface area (Å²) in [6, 6.07) is 2.71. The summed E-state index contributed by atoms with van der Waals surface area (Å²) in [4.78, 5) is 25.7. The van der Waals surface area contributed by atoms with E-state index in [1.165, 1.54) is 19.2 Å². The van der Waals surface area contributed by atoms with Gasteiger partial charge in [-0.25, -0.2) is 4.98 Å². The summed E-state index contributed by atoms with van der Waals surface area (Å²) >= 11 is 0. The molecule has 0 spiro atoms. The second-order valence-corrected chi connectivity index (χ2v) is 3.54. The van der Waals surface area contributed by atoms with Gasteiger partial charge in [-0.2, -0.15) is 0 Å². The van der Waals surface area contributed by atoms with Crippen molar-refractivity contribution in [3.63, 3.8) is 0 Å². The molecule has 92 valence electrons. The Morgan fingerprint density at radius 1 is 1.53 bits per heavy atom. The topological polar surface area (TPSA) is 82.3 Å². The van der Waals surface area contributed by atoms with Crippen molar-refractivity contribution in [2.24, 2.45) is 0 Å². The first kappa shape index (κ1) is 13.1. The van der Waals surface area contributed by atoms with Crippen LogP contribution in [0.15, 0.2) is 12.1 Å². The SMILES string of the molecule is CCCC(=O)Cc1nc(OC)ccc1[N+](=O)[O-]. The molecule has 1 rings (SSSR count). The number of nitrogens with zero attached hydrogens (tertiary/aromatic N) is 2. The minimum absolute atomic E-state index is 0.0264. The van der Waals surface area contributed by atoms with Gasteiger partial charge in [-0.05, 0) is 6.42 Å². The Balaban J connectivity index is 3.00. The van der Waals surface area contributed by atoms with E-state index in [4.69, 9.17) is 4.74 Å². The van der Waals surface area contributed by atoms with Crippen LogP contribution in [0, 0.1) is 10.1 Å². The van der Waals surface area contributed by atoms with E-state index in [9.17, 15) is 14.9 Å². The van der Waals surface area contributed by atoms with Crippen LogP contribution in [0.4, 0.5) is 5.69 Å². The summed E-state index contributed by atoms with van der Waals surface area (Å²) < 4.78 is 4.89. The molecular formula is C11H14N2O4. The third kappa shape index (κ3) is 3.51. The first-order valence-electron chi connectivity index (χ1n) is 5.28. The van der Waals surface area contributed by atoms with Crippen molar-refractivity contribution >= 4 is 11.5 Å². The third-order valence-electron chi connectivity index (χ3n) is 2.22.